The quantitative estimate of drug-likeness (QED) is 0.739. The van der Waals surface area contributed by atoms with Crippen molar-refractivity contribution in [3.63, 3.8) is 0 Å². The number of aromatic nitrogens is 2. The van der Waals surface area contributed by atoms with E-state index in [0.29, 0.717) is 5.02 Å². The highest BCUT2D eigenvalue weighted by atomic mass is 35.5. The van der Waals surface area contributed by atoms with Crippen molar-refractivity contribution < 1.29 is 0 Å². The summed E-state index contributed by atoms with van der Waals surface area (Å²) in [6, 6.07) is 18.0. The first-order valence-corrected chi connectivity index (χ1v) is 7.49. The van der Waals surface area contributed by atoms with E-state index in [4.69, 9.17) is 11.6 Å². The molecule has 0 aliphatic carbocycles. The van der Waals surface area contributed by atoms with Crippen LogP contribution in [0, 0.1) is 0 Å². The van der Waals surface area contributed by atoms with E-state index in [2.05, 4.69) is 34.3 Å². The van der Waals surface area contributed by atoms with Gasteiger partial charge in [0, 0.05) is 16.6 Å². The molecule has 0 saturated heterocycles. The van der Waals surface area contributed by atoms with Crippen LogP contribution >= 0.6 is 11.6 Å². The third-order valence-corrected chi connectivity index (χ3v) is 3.69. The van der Waals surface area contributed by atoms with Crippen LogP contribution in [0.5, 0.6) is 0 Å². The molecule has 1 heterocycles. The summed E-state index contributed by atoms with van der Waals surface area (Å²) in [5.41, 5.74) is 3.02. The molecule has 1 aromatic heterocycles. The highest BCUT2D eigenvalue weighted by molar-refractivity contribution is 6.30. The van der Waals surface area contributed by atoms with E-state index in [9.17, 15) is 0 Å². The van der Waals surface area contributed by atoms with Crippen molar-refractivity contribution in [3.8, 4) is 11.3 Å². The van der Waals surface area contributed by atoms with Gasteiger partial charge in [-0.1, -0.05) is 54.1 Å². The topological polar surface area (TPSA) is 37.8 Å². The normalized spacial score (nSPS) is 11.9. The van der Waals surface area contributed by atoms with Crippen molar-refractivity contribution in [2.75, 3.05) is 5.32 Å². The monoisotopic (exact) mass is 309 g/mol. The average molecular weight is 310 g/mol. The zero-order valence-corrected chi connectivity index (χ0v) is 13.0. The first-order chi connectivity index (χ1) is 10.7. The van der Waals surface area contributed by atoms with Crippen molar-refractivity contribution in [3.05, 3.63) is 77.6 Å². The molecule has 0 aliphatic rings. The molecule has 0 amide bonds. The van der Waals surface area contributed by atoms with Gasteiger partial charge in [-0.05, 0) is 24.6 Å². The second-order valence-electron chi connectivity index (χ2n) is 5.07. The number of hydrogen-bond acceptors (Lipinski definition) is 3. The Hall–Kier alpha value is -2.39. The zero-order chi connectivity index (χ0) is 15.4. The summed E-state index contributed by atoms with van der Waals surface area (Å²) in [5, 5.41) is 4.09. The highest BCUT2D eigenvalue weighted by Crippen LogP contribution is 2.22. The van der Waals surface area contributed by atoms with E-state index in [-0.39, 0.29) is 6.04 Å². The van der Waals surface area contributed by atoms with Crippen LogP contribution < -0.4 is 5.32 Å². The van der Waals surface area contributed by atoms with E-state index >= 15 is 0 Å². The van der Waals surface area contributed by atoms with Gasteiger partial charge in [0.05, 0.1) is 18.1 Å². The first-order valence-electron chi connectivity index (χ1n) is 7.12. The van der Waals surface area contributed by atoms with Gasteiger partial charge in [-0.2, -0.15) is 0 Å². The minimum absolute atomic E-state index is 0.163. The molecule has 0 unspecified atom stereocenters. The summed E-state index contributed by atoms with van der Waals surface area (Å²) in [6.45, 7) is 2.10. The van der Waals surface area contributed by atoms with Gasteiger partial charge in [0.2, 0.25) is 0 Å². The third kappa shape index (κ3) is 3.43. The Morgan fingerprint density at radius 2 is 1.68 bits per heavy atom. The average Bonchev–Trinajstić information content (AvgIpc) is 2.56. The Morgan fingerprint density at radius 3 is 2.41 bits per heavy atom. The van der Waals surface area contributed by atoms with Crippen molar-refractivity contribution in [2.45, 2.75) is 13.0 Å². The summed E-state index contributed by atoms with van der Waals surface area (Å²) in [7, 11) is 0. The third-order valence-electron chi connectivity index (χ3n) is 3.44. The van der Waals surface area contributed by atoms with Crippen LogP contribution in [0.25, 0.3) is 11.3 Å². The second-order valence-corrected chi connectivity index (χ2v) is 5.51. The lowest BCUT2D eigenvalue weighted by molar-refractivity contribution is 0.872. The standard InChI is InChI=1S/C18H16ClN3/c1-13(14-5-3-2-4-6-14)21-18-12-20-11-17(22-18)15-7-9-16(19)10-8-15/h2-13H,1H3,(H,21,22)/t13-/m0/s1. The van der Waals surface area contributed by atoms with E-state index in [1.165, 1.54) is 5.56 Å². The molecule has 110 valence electrons. The van der Waals surface area contributed by atoms with Crippen LogP contribution in [0.15, 0.2) is 67.0 Å². The van der Waals surface area contributed by atoms with Gasteiger partial charge in [-0.15, -0.1) is 0 Å². The van der Waals surface area contributed by atoms with Crippen LogP contribution in [-0.4, -0.2) is 9.97 Å². The molecule has 1 N–H and O–H groups in total. The van der Waals surface area contributed by atoms with Gasteiger partial charge < -0.3 is 5.32 Å². The van der Waals surface area contributed by atoms with Crippen molar-refractivity contribution in [1.29, 1.82) is 0 Å². The molecule has 0 aliphatic heterocycles. The van der Waals surface area contributed by atoms with E-state index in [0.717, 1.165) is 17.1 Å². The van der Waals surface area contributed by atoms with Crippen LogP contribution in [0.1, 0.15) is 18.5 Å². The van der Waals surface area contributed by atoms with Gasteiger partial charge in [0.25, 0.3) is 0 Å². The Labute approximate surface area is 135 Å². The summed E-state index contributed by atoms with van der Waals surface area (Å²) < 4.78 is 0. The van der Waals surface area contributed by atoms with Gasteiger partial charge >= 0.3 is 0 Å². The summed E-state index contributed by atoms with van der Waals surface area (Å²) in [6.07, 6.45) is 3.49. The summed E-state index contributed by atoms with van der Waals surface area (Å²) in [5.74, 6) is 0.754. The number of rotatable bonds is 4. The maximum absolute atomic E-state index is 5.92. The number of anilines is 1. The number of nitrogens with one attached hydrogen (secondary N) is 1. The van der Waals surface area contributed by atoms with Crippen LogP contribution in [0.3, 0.4) is 0 Å². The first kappa shape index (κ1) is 14.5. The molecule has 0 spiro atoms. The molecule has 22 heavy (non-hydrogen) atoms. The summed E-state index contributed by atoms with van der Waals surface area (Å²) >= 11 is 5.92. The molecule has 3 nitrogen and oxygen atoms in total. The Bertz CT molecular complexity index is 742. The Kier molecular flexibility index (Phi) is 4.35. The second kappa shape index (κ2) is 6.58. The molecule has 0 radical (unpaired) electrons. The predicted molar refractivity (Wildman–Crippen MR) is 91.0 cm³/mol. The molecule has 0 saturated carbocycles. The molecule has 0 fully saturated rings. The van der Waals surface area contributed by atoms with E-state index in [1.54, 1.807) is 12.4 Å². The fraction of sp³-hybridized carbons (Fsp3) is 0.111. The number of benzene rings is 2. The van der Waals surface area contributed by atoms with Crippen molar-refractivity contribution in [1.82, 2.24) is 9.97 Å². The Morgan fingerprint density at radius 1 is 0.955 bits per heavy atom. The molecule has 3 aromatic rings. The number of halogens is 1. The van der Waals surface area contributed by atoms with E-state index in [1.807, 2.05) is 42.5 Å². The molecular weight excluding hydrogens is 294 g/mol. The minimum Gasteiger partial charge on any atom is -0.362 e. The number of hydrogen-bond donors (Lipinski definition) is 1. The lowest BCUT2D eigenvalue weighted by atomic mass is 10.1. The van der Waals surface area contributed by atoms with Gasteiger partial charge in [-0.25, -0.2) is 4.98 Å². The minimum atomic E-state index is 0.163. The lowest BCUT2D eigenvalue weighted by Gasteiger charge is -2.15. The van der Waals surface area contributed by atoms with E-state index < -0.39 is 0 Å². The maximum atomic E-state index is 5.92. The molecule has 0 bridgehead atoms. The SMILES string of the molecule is C[C@H](Nc1cncc(-c2ccc(Cl)cc2)n1)c1ccccc1. The Balaban J connectivity index is 1.81. The lowest BCUT2D eigenvalue weighted by Crippen LogP contribution is -2.08. The van der Waals surface area contributed by atoms with Crippen molar-refractivity contribution >= 4 is 17.4 Å². The molecule has 3 rings (SSSR count). The molecule has 4 heteroatoms. The van der Waals surface area contributed by atoms with Crippen LogP contribution in [0.2, 0.25) is 5.02 Å². The van der Waals surface area contributed by atoms with Crippen LogP contribution in [-0.2, 0) is 0 Å². The fourth-order valence-electron chi connectivity index (χ4n) is 2.24. The number of nitrogens with zero attached hydrogens (tertiary/aromatic N) is 2. The molecular formula is C18H16ClN3. The van der Waals surface area contributed by atoms with Gasteiger partial charge in [-0.3, -0.25) is 4.98 Å². The predicted octanol–water partition coefficient (Wildman–Crippen LogP) is 4.97. The fourth-order valence-corrected chi connectivity index (χ4v) is 2.37. The van der Waals surface area contributed by atoms with Crippen molar-refractivity contribution in [2.24, 2.45) is 0 Å². The molecule has 2 aromatic carbocycles. The largest absolute Gasteiger partial charge is 0.362 e. The zero-order valence-electron chi connectivity index (χ0n) is 12.2. The van der Waals surface area contributed by atoms with Crippen LogP contribution in [0.4, 0.5) is 5.82 Å². The van der Waals surface area contributed by atoms with Gasteiger partial charge in [0.15, 0.2) is 0 Å². The summed E-state index contributed by atoms with van der Waals surface area (Å²) in [4.78, 5) is 8.89. The molecule has 1 atom stereocenters. The smallest absolute Gasteiger partial charge is 0.145 e. The van der Waals surface area contributed by atoms with Gasteiger partial charge in [0.1, 0.15) is 5.82 Å². The maximum Gasteiger partial charge on any atom is 0.145 e. The highest BCUT2D eigenvalue weighted by Gasteiger charge is 2.07.